The second kappa shape index (κ2) is 4.33. The van der Waals surface area contributed by atoms with Gasteiger partial charge in [-0.2, -0.15) is 0 Å². The molecule has 1 aromatic heterocycles. The van der Waals surface area contributed by atoms with Crippen molar-refractivity contribution < 1.29 is 0 Å². The largest absolute Gasteiger partial charge is 0.310 e. The summed E-state index contributed by atoms with van der Waals surface area (Å²) in [6, 6.07) is 0.696. The van der Waals surface area contributed by atoms with Crippen molar-refractivity contribution in [2.24, 2.45) is 0 Å². The van der Waals surface area contributed by atoms with Crippen molar-refractivity contribution in [3.8, 4) is 0 Å². The van der Waals surface area contributed by atoms with Crippen molar-refractivity contribution in [3.63, 3.8) is 0 Å². The van der Waals surface area contributed by atoms with Crippen LogP contribution in [0.1, 0.15) is 18.5 Å². The van der Waals surface area contributed by atoms with Gasteiger partial charge in [0.1, 0.15) is 0 Å². The molecule has 82 valence electrons. The van der Waals surface area contributed by atoms with E-state index in [1.54, 1.807) is 4.57 Å². The maximum absolute atomic E-state index is 11.4. The van der Waals surface area contributed by atoms with Crippen molar-refractivity contribution in [1.29, 1.82) is 0 Å². The van der Waals surface area contributed by atoms with E-state index in [2.05, 4.69) is 11.9 Å². The quantitative estimate of drug-likeness (QED) is 0.770. The number of thiazole rings is 1. The van der Waals surface area contributed by atoms with Gasteiger partial charge < -0.3 is 5.32 Å². The molecule has 1 aromatic rings. The van der Waals surface area contributed by atoms with Crippen molar-refractivity contribution in [2.75, 3.05) is 6.54 Å². The van der Waals surface area contributed by atoms with Crippen LogP contribution in [0.25, 0.3) is 0 Å². The van der Waals surface area contributed by atoms with Gasteiger partial charge in [0.25, 0.3) is 0 Å². The summed E-state index contributed by atoms with van der Waals surface area (Å²) >= 11 is 1.26. The maximum atomic E-state index is 11.4. The summed E-state index contributed by atoms with van der Waals surface area (Å²) in [5.74, 6) is 0. The third-order valence-corrected chi connectivity index (χ3v) is 3.46. The van der Waals surface area contributed by atoms with Gasteiger partial charge in [0, 0.05) is 30.2 Å². The lowest BCUT2D eigenvalue weighted by Gasteiger charge is -2.08. The molecule has 1 aliphatic carbocycles. The molecule has 0 amide bonds. The Balaban J connectivity index is 1.89. The second-order valence-electron chi connectivity index (χ2n) is 4.13. The Kier molecular flexibility index (Phi) is 3.07. The van der Waals surface area contributed by atoms with Crippen molar-refractivity contribution in [2.45, 2.75) is 32.4 Å². The molecule has 1 aliphatic rings. The van der Waals surface area contributed by atoms with Gasteiger partial charge in [-0.05, 0) is 25.3 Å². The highest BCUT2D eigenvalue weighted by atomic mass is 32.1. The molecular formula is C11H16N2OS. The van der Waals surface area contributed by atoms with Crippen LogP contribution in [0.15, 0.2) is 22.3 Å². The first-order valence-electron chi connectivity index (χ1n) is 5.22. The third-order valence-electron chi connectivity index (χ3n) is 2.58. The fourth-order valence-corrected chi connectivity index (χ4v) is 2.19. The normalized spacial score (nSPS) is 15.5. The van der Waals surface area contributed by atoms with Gasteiger partial charge in [-0.1, -0.05) is 17.9 Å². The number of aryl methyl sites for hydroxylation is 1. The standard InChI is InChI=1S/C11H16N2OS/c1-8(5-12-10-3-4-10)6-13-9(2)7-15-11(13)14/h7,10,12H,1,3-6H2,2H3. The highest BCUT2D eigenvalue weighted by Crippen LogP contribution is 2.18. The Morgan fingerprint density at radius 2 is 2.47 bits per heavy atom. The molecule has 0 unspecified atom stereocenters. The summed E-state index contributed by atoms with van der Waals surface area (Å²) in [5.41, 5.74) is 2.10. The van der Waals surface area contributed by atoms with E-state index in [4.69, 9.17) is 0 Å². The van der Waals surface area contributed by atoms with Crippen molar-refractivity contribution in [1.82, 2.24) is 9.88 Å². The number of hydrogen-bond acceptors (Lipinski definition) is 3. The zero-order valence-electron chi connectivity index (χ0n) is 8.95. The van der Waals surface area contributed by atoms with Crippen LogP contribution in [-0.4, -0.2) is 17.2 Å². The van der Waals surface area contributed by atoms with E-state index in [1.165, 1.54) is 24.2 Å². The minimum absolute atomic E-state index is 0.111. The van der Waals surface area contributed by atoms with Gasteiger partial charge in [-0.25, -0.2) is 0 Å². The van der Waals surface area contributed by atoms with Gasteiger partial charge in [0.15, 0.2) is 0 Å². The molecule has 0 bridgehead atoms. The first kappa shape index (κ1) is 10.6. The molecule has 0 atom stereocenters. The van der Waals surface area contributed by atoms with Crippen molar-refractivity contribution in [3.05, 3.63) is 32.9 Å². The van der Waals surface area contributed by atoms with Crippen LogP contribution in [0.2, 0.25) is 0 Å². The van der Waals surface area contributed by atoms with E-state index in [0.29, 0.717) is 12.6 Å². The van der Waals surface area contributed by atoms with E-state index in [1.807, 2.05) is 12.3 Å². The van der Waals surface area contributed by atoms with Gasteiger partial charge in [0.05, 0.1) is 0 Å². The molecule has 3 nitrogen and oxygen atoms in total. The minimum Gasteiger partial charge on any atom is -0.310 e. The SMILES string of the molecule is C=C(CNC1CC1)Cn1c(C)csc1=O. The molecule has 0 aromatic carbocycles. The van der Waals surface area contributed by atoms with E-state index < -0.39 is 0 Å². The first-order chi connectivity index (χ1) is 7.16. The zero-order valence-corrected chi connectivity index (χ0v) is 9.77. The Hall–Kier alpha value is -0.870. The number of nitrogens with one attached hydrogen (secondary N) is 1. The topological polar surface area (TPSA) is 34.0 Å². The van der Waals surface area contributed by atoms with Crippen LogP contribution in [-0.2, 0) is 6.54 Å². The average molecular weight is 224 g/mol. The van der Waals surface area contributed by atoms with Gasteiger partial charge in [-0.15, -0.1) is 0 Å². The molecule has 1 fully saturated rings. The lowest BCUT2D eigenvalue weighted by Crippen LogP contribution is -2.23. The molecule has 1 N–H and O–H groups in total. The molecule has 0 aliphatic heterocycles. The molecule has 0 radical (unpaired) electrons. The van der Waals surface area contributed by atoms with Crippen LogP contribution in [0.4, 0.5) is 0 Å². The summed E-state index contributed by atoms with van der Waals surface area (Å²) in [7, 11) is 0. The Labute approximate surface area is 93.4 Å². The number of rotatable bonds is 5. The highest BCUT2D eigenvalue weighted by molar-refractivity contribution is 7.07. The Bertz CT molecular complexity index is 414. The van der Waals surface area contributed by atoms with Gasteiger partial charge >= 0.3 is 4.87 Å². The molecule has 0 saturated heterocycles. The lowest BCUT2D eigenvalue weighted by atomic mass is 10.3. The summed E-state index contributed by atoms with van der Waals surface area (Å²) in [4.78, 5) is 11.6. The maximum Gasteiger partial charge on any atom is 0.307 e. The fraction of sp³-hybridized carbons (Fsp3) is 0.545. The van der Waals surface area contributed by atoms with Crippen molar-refractivity contribution >= 4 is 11.3 Å². The van der Waals surface area contributed by atoms with E-state index >= 15 is 0 Å². The second-order valence-corrected chi connectivity index (χ2v) is 4.95. The third kappa shape index (κ3) is 2.79. The molecular weight excluding hydrogens is 208 g/mol. The van der Waals surface area contributed by atoms with E-state index in [-0.39, 0.29) is 4.87 Å². The summed E-state index contributed by atoms with van der Waals surface area (Å²) < 4.78 is 1.78. The van der Waals surface area contributed by atoms with E-state index in [0.717, 1.165) is 17.8 Å². The molecule has 0 spiro atoms. The van der Waals surface area contributed by atoms with Crippen LogP contribution in [0.3, 0.4) is 0 Å². The summed E-state index contributed by atoms with van der Waals surface area (Å²) in [6.07, 6.45) is 2.56. The molecule has 2 rings (SSSR count). The number of aromatic nitrogens is 1. The number of nitrogens with zero attached hydrogens (tertiary/aromatic N) is 1. The molecule has 15 heavy (non-hydrogen) atoms. The Morgan fingerprint density at radius 3 is 3.00 bits per heavy atom. The predicted molar refractivity (Wildman–Crippen MR) is 63.5 cm³/mol. The summed E-state index contributed by atoms with van der Waals surface area (Å²) in [6.45, 7) is 7.42. The molecule has 1 saturated carbocycles. The highest BCUT2D eigenvalue weighted by Gasteiger charge is 2.20. The Morgan fingerprint density at radius 1 is 1.73 bits per heavy atom. The summed E-state index contributed by atoms with van der Waals surface area (Å²) in [5, 5.41) is 5.29. The number of hydrogen-bond donors (Lipinski definition) is 1. The van der Waals surface area contributed by atoms with Crippen LogP contribution >= 0.6 is 11.3 Å². The fourth-order valence-electron chi connectivity index (χ4n) is 1.45. The molecule has 4 heteroatoms. The average Bonchev–Trinajstić information content (AvgIpc) is 2.98. The van der Waals surface area contributed by atoms with Crippen LogP contribution < -0.4 is 10.2 Å². The monoisotopic (exact) mass is 224 g/mol. The lowest BCUT2D eigenvalue weighted by molar-refractivity contribution is 0.669. The van der Waals surface area contributed by atoms with Crippen LogP contribution in [0, 0.1) is 6.92 Å². The first-order valence-corrected chi connectivity index (χ1v) is 6.10. The smallest absolute Gasteiger partial charge is 0.307 e. The van der Waals surface area contributed by atoms with Gasteiger partial charge in [-0.3, -0.25) is 9.36 Å². The van der Waals surface area contributed by atoms with E-state index in [9.17, 15) is 4.79 Å². The molecule has 1 heterocycles. The van der Waals surface area contributed by atoms with Crippen LogP contribution in [0.5, 0.6) is 0 Å². The van der Waals surface area contributed by atoms with Gasteiger partial charge in [0.2, 0.25) is 0 Å². The zero-order chi connectivity index (χ0) is 10.8. The minimum atomic E-state index is 0.111. The predicted octanol–water partition coefficient (Wildman–Crippen LogP) is 1.53.